The summed E-state index contributed by atoms with van der Waals surface area (Å²) in [5.74, 6) is 0.777. The van der Waals surface area contributed by atoms with Crippen LogP contribution in [-0.4, -0.2) is 33.4 Å². The first kappa shape index (κ1) is 18.4. The highest BCUT2D eigenvalue weighted by molar-refractivity contribution is 5.92. The molecule has 30 heavy (non-hydrogen) atoms. The van der Waals surface area contributed by atoms with Crippen LogP contribution in [0.1, 0.15) is 28.6 Å². The maximum Gasteiger partial charge on any atom is 0.289 e. The number of non-ortho nitro benzene ring substituents is 1. The molecule has 1 aromatic carbocycles. The van der Waals surface area contributed by atoms with Gasteiger partial charge < -0.3 is 13.9 Å². The Morgan fingerprint density at radius 3 is 2.73 bits per heavy atom. The first-order valence-electron chi connectivity index (χ1n) is 9.83. The molecule has 0 spiro atoms. The van der Waals surface area contributed by atoms with Gasteiger partial charge in [0, 0.05) is 55.0 Å². The smallest absolute Gasteiger partial charge is 0.289 e. The molecule has 2 atom stereocenters. The monoisotopic (exact) mass is 405 g/mol. The van der Waals surface area contributed by atoms with Crippen LogP contribution in [0.25, 0.3) is 11.3 Å². The summed E-state index contributed by atoms with van der Waals surface area (Å²) in [6, 6.07) is 14.7. The van der Waals surface area contributed by atoms with E-state index in [1.165, 1.54) is 12.1 Å². The molecule has 0 aliphatic carbocycles. The zero-order valence-electron chi connectivity index (χ0n) is 16.1. The Kier molecular flexibility index (Phi) is 4.27. The molecular weight excluding hydrogens is 386 g/mol. The predicted molar refractivity (Wildman–Crippen MR) is 108 cm³/mol. The predicted octanol–water partition coefficient (Wildman–Crippen LogP) is 3.28. The third kappa shape index (κ3) is 3.10. The lowest BCUT2D eigenvalue weighted by molar-refractivity contribution is -0.384. The maximum atomic E-state index is 13.1. The number of rotatable bonds is 3. The van der Waals surface area contributed by atoms with E-state index in [9.17, 15) is 19.7 Å². The highest BCUT2D eigenvalue weighted by atomic mass is 16.6. The second-order valence-corrected chi connectivity index (χ2v) is 7.88. The Balaban J connectivity index is 1.38. The Morgan fingerprint density at radius 1 is 1.07 bits per heavy atom. The van der Waals surface area contributed by atoms with Crippen molar-refractivity contribution in [2.45, 2.75) is 18.9 Å². The van der Waals surface area contributed by atoms with Gasteiger partial charge >= 0.3 is 0 Å². The molecule has 2 aromatic heterocycles. The van der Waals surface area contributed by atoms with Crippen molar-refractivity contribution < 1.29 is 14.1 Å². The molecule has 5 rings (SSSR count). The number of benzene rings is 1. The molecule has 2 aliphatic heterocycles. The van der Waals surface area contributed by atoms with Gasteiger partial charge in [-0.2, -0.15) is 0 Å². The highest BCUT2D eigenvalue weighted by Crippen LogP contribution is 2.36. The number of carbonyl (C=O) groups excluding carboxylic acids is 1. The SMILES string of the molecule is O=C(c1ccc(-c2cccc([N+](=O)[O-])c2)o1)N1C[C@@H]2C[C@H](C1)c1cccc(=O)n1C2. The number of piperidine rings is 1. The topological polar surface area (TPSA) is 98.6 Å². The van der Waals surface area contributed by atoms with Gasteiger partial charge in [-0.1, -0.05) is 18.2 Å². The molecule has 1 amide bonds. The molecule has 2 aliphatic rings. The highest BCUT2D eigenvalue weighted by Gasteiger charge is 2.37. The normalized spacial score (nSPS) is 19.9. The zero-order chi connectivity index (χ0) is 20.8. The number of amides is 1. The minimum absolute atomic E-state index is 0.00890. The number of aromatic nitrogens is 1. The summed E-state index contributed by atoms with van der Waals surface area (Å²) in [4.78, 5) is 37.6. The quantitative estimate of drug-likeness (QED) is 0.492. The van der Waals surface area contributed by atoms with Gasteiger partial charge in [0.15, 0.2) is 5.76 Å². The lowest BCUT2D eigenvalue weighted by atomic mass is 9.83. The average Bonchev–Trinajstić information content (AvgIpc) is 3.24. The standard InChI is InChI=1S/C22H19N3O5/c26-21-6-2-5-18-16-9-14(12-24(18)21)11-23(13-16)22(27)20-8-7-19(30-20)15-3-1-4-17(10-15)25(28)29/h1-8,10,14,16H,9,11-13H2/t14-,16+/m0/s1. The fourth-order valence-electron chi connectivity index (χ4n) is 4.60. The van der Waals surface area contributed by atoms with E-state index in [-0.39, 0.29) is 34.7 Å². The van der Waals surface area contributed by atoms with E-state index < -0.39 is 4.92 Å². The van der Waals surface area contributed by atoms with Gasteiger partial charge in [-0.15, -0.1) is 0 Å². The number of nitro groups is 1. The van der Waals surface area contributed by atoms with Crippen LogP contribution in [0.3, 0.4) is 0 Å². The minimum atomic E-state index is -0.464. The number of pyridine rings is 1. The van der Waals surface area contributed by atoms with Crippen LogP contribution in [0.4, 0.5) is 5.69 Å². The summed E-state index contributed by atoms with van der Waals surface area (Å²) < 4.78 is 7.59. The number of likely N-dealkylation sites (tertiary alicyclic amines) is 1. The van der Waals surface area contributed by atoms with Crippen molar-refractivity contribution in [3.05, 3.63) is 86.5 Å². The van der Waals surface area contributed by atoms with Crippen LogP contribution >= 0.6 is 0 Å². The summed E-state index contributed by atoms with van der Waals surface area (Å²) in [7, 11) is 0. The van der Waals surface area contributed by atoms with Gasteiger partial charge in [0.1, 0.15) is 5.76 Å². The Morgan fingerprint density at radius 2 is 1.90 bits per heavy atom. The largest absolute Gasteiger partial charge is 0.451 e. The number of hydrogen-bond acceptors (Lipinski definition) is 5. The van der Waals surface area contributed by atoms with Crippen LogP contribution in [-0.2, 0) is 6.54 Å². The summed E-state index contributed by atoms with van der Waals surface area (Å²) >= 11 is 0. The zero-order valence-corrected chi connectivity index (χ0v) is 16.1. The second-order valence-electron chi connectivity index (χ2n) is 7.88. The summed E-state index contributed by atoms with van der Waals surface area (Å²) in [6.45, 7) is 1.72. The summed E-state index contributed by atoms with van der Waals surface area (Å²) in [6.07, 6.45) is 0.963. The van der Waals surface area contributed by atoms with Gasteiger partial charge in [-0.3, -0.25) is 19.7 Å². The van der Waals surface area contributed by atoms with Gasteiger partial charge in [-0.05, 0) is 30.5 Å². The minimum Gasteiger partial charge on any atom is -0.451 e. The number of nitrogens with zero attached hydrogens (tertiary/aromatic N) is 3. The van der Waals surface area contributed by atoms with E-state index >= 15 is 0 Å². The van der Waals surface area contributed by atoms with Crippen molar-refractivity contribution in [2.75, 3.05) is 13.1 Å². The molecule has 1 saturated heterocycles. The van der Waals surface area contributed by atoms with Gasteiger partial charge in [0.25, 0.3) is 17.2 Å². The molecule has 2 bridgehead atoms. The maximum absolute atomic E-state index is 13.1. The van der Waals surface area contributed by atoms with Crippen LogP contribution in [0, 0.1) is 16.0 Å². The van der Waals surface area contributed by atoms with Gasteiger partial charge in [0.05, 0.1) is 4.92 Å². The molecule has 8 nitrogen and oxygen atoms in total. The van der Waals surface area contributed by atoms with E-state index in [4.69, 9.17) is 4.42 Å². The molecule has 1 fully saturated rings. The van der Waals surface area contributed by atoms with Crippen molar-refractivity contribution >= 4 is 11.6 Å². The molecule has 4 heterocycles. The average molecular weight is 405 g/mol. The van der Waals surface area contributed by atoms with Crippen molar-refractivity contribution in [1.82, 2.24) is 9.47 Å². The van der Waals surface area contributed by atoms with Gasteiger partial charge in [0.2, 0.25) is 0 Å². The molecule has 152 valence electrons. The van der Waals surface area contributed by atoms with Crippen LogP contribution in [0.2, 0.25) is 0 Å². The van der Waals surface area contributed by atoms with Gasteiger partial charge in [-0.25, -0.2) is 0 Å². The van der Waals surface area contributed by atoms with E-state index in [1.54, 1.807) is 41.3 Å². The summed E-state index contributed by atoms with van der Waals surface area (Å²) in [5, 5.41) is 11.0. The Hall–Kier alpha value is -3.68. The summed E-state index contributed by atoms with van der Waals surface area (Å²) in [5.41, 5.74) is 1.50. The molecule has 0 saturated carbocycles. The molecule has 0 unspecified atom stereocenters. The van der Waals surface area contributed by atoms with Crippen molar-refractivity contribution in [2.24, 2.45) is 5.92 Å². The number of carbonyl (C=O) groups is 1. The number of fused-ring (bicyclic) bond motifs is 4. The first-order chi connectivity index (χ1) is 14.5. The van der Waals surface area contributed by atoms with Crippen LogP contribution < -0.4 is 5.56 Å². The molecule has 3 aromatic rings. The Labute approximate surface area is 171 Å². The van der Waals surface area contributed by atoms with Crippen molar-refractivity contribution in [1.29, 1.82) is 0 Å². The second kappa shape index (κ2) is 6.98. The first-order valence-corrected chi connectivity index (χ1v) is 9.83. The van der Waals surface area contributed by atoms with E-state index in [0.717, 1.165) is 12.1 Å². The molecule has 0 radical (unpaired) electrons. The lowest BCUT2D eigenvalue weighted by Gasteiger charge is -2.42. The fourth-order valence-corrected chi connectivity index (χ4v) is 4.60. The van der Waals surface area contributed by atoms with Crippen molar-refractivity contribution in [3.8, 4) is 11.3 Å². The number of furan rings is 1. The molecule has 8 heteroatoms. The van der Waals surface area contributed by atoms with E-state index in [2.05, 4.69) is 0 Å². The number of nitro benzene ring substituents is 1. The Bertz CT molecular complexity index is 1210. The third-order valence-electron chi connectivity index (χ3n) is 5.93. The third-order valence-corrected chi connectivity index (χ3v) is 5.93. The van der Waals surface area contributed by atoms with Crippen LogP contribution in [0.15, 0.2) is 63.8 Å². The van der Waals surface area contributed by atoms with Crippen molar-refractivity contribution in [3.63, 3.8) is 0 Å². The lowest BCUT2D eigenvalue weighted by Crippen LogP contribution is -2.49. The molecule has 0 N–H and O–H groups in total. The molecular formula is C22H19N3O5. The van der Waals surface area contributed by atoms with E-state index in [1.807, 2.05) is 10.6 Å². The number of hydrogen-bond donors (Lipinski definition) is 0. The van der Waals surface area contributed by atoms with Crippen LogP contribution in [0.5, 0.6) is 0 Å². The fraction of sp³-hybridized carbons (Fsp3) is 0.273. The van der Waals surface area contributed by atoms with E-state index in [0.29, 0.717) is 31.0 Å².